The molecular weight excluding hydrogens is 372 g/mol. The van der Waals surface area contributed by atoms with E-state index >= 15 is 0 Å². The maximum absolute atomic E-state index is 13.2. The quantitative estimate of drug-likeness (QED) is 0.240. The molecule has 0 radical (unpaired) electrons. The molecule has 0 unspecified atom stereocenters. The van der Waals surface area contributed by atoms with Gasteiger partial charge in [-0.25, -0.2) is 4.90 Å². The molecule has 2 fully saturated rings. The average Bonchev–Trinajstić information content (AvgIpc) is 3.30. The van der Waals surface area contributed by atoms with E-state index in [1.807, 2.05) is 0 Å². The van der Waals surface area contributed by atoms with E-state index in [1.54, 1.807) is 12.2 Å². The first-order chi connectivity index (χ1) is 13.3. The Kier molecular flexibility index (Phi) is 3.96. The minimum Gasteiger partial charge on any atom is -0.495 e. The second-order valence-electron chi connectivity index (χ2n) is 6.81. The number of methoxy groups -OCH3 is 1. The van der Waals surface area contributed by atoms with Gasteiger partial charge < -0.3 is 14.2 Å². The van der Waals surface area contributed by atoms with E-state index in [0.29, 0.717) is 0 Å². The van der Waals surface area contributed by atoms with E-state index in [1.165, 1.54) is 26.2 Å². The highest BCUT2D eigenvalue weighted by molar-refractivity contribution is 6.24. The van der Waals surface area contributed by atoms with Crippen molar-refractivity contribution in [3.63, 3.8) is 0 Å². The molecule has 2 saturated heterocycles. The van der Waals surface area contributed by atoms with Gasteiger partial charge in [-0.2, -0.15) is 0 Å². The summed E-state index contributed by atoms with van der Waals surface area (Å²) in [6.07, 6.45) is 2.68. The summed E-state index contributed by atoms with van der Waals surface area (Å²) in [4.78, 5) is 49.0. The highest BCUT2D eigenvalue weighted by atomic mass is 16.6. The molecule has 4 rings (SSSR count). The lowest BCUT2D eigenvalue weighted by atomic mass is 9.77. The summed E-state index contributed by atoms with van der Waals surface area (Å²) >= 11 is 0. The SMILES string of the molecule is COc1ccc([N+](=O)[O-])cc1N1C(=O)[C@@H]2[C@@H](C1=O)[C@@]1(COC(C)=O)C=C[C@H]2O1. The Labute approximate surface area is 158 Å². The van der Waals surface area contributed by atoms with Crippen molar-refractivity contribution < 1.29 is 33.5 Å². The predicted molar refractivity (Wildman–Crippen MR) is 92.5 cm³/mol. The number of nitrogens with zero attached hydrogens (tertiary/aromatic N) is 2. The van der Waals surface area contributed by atoms with E-state index in [-0.39, 0.29) is 23.7 Å². The Morgan fingerprint density at radius 3 is 2.75 bits per heavy atom. The highest BCUT2D eigenvalue weighted by Gasteiger charge is 2.68. The molecule has 3 aliphatic rings. The first kappa shape index (κ1) is 18.1. The van der Waals surface area contributed by atoms with Gasteiger partial charge in [-0.05, 0) is 12.1 Å². The molecule has 0 N–H and O–H groups in total. The van der Waals surface area contributed by atoms with Gasteiger partial charge in [-0.3, -0.25) is 24.5 Å². The van der Waals surface area contributed by atoms with Crippen molar-refractivity contribution in [2.75, 3.05) is 18.6 Å². The van der Waals surface area contributed by atoms with Gasteiger partial charge in [0, 0.05) is 19.1 Å². The molecule has 1 aromatic rings. The number of nitro benzene ring substituents is 1. The lowest BCUT2D eigenvalue weighted by molar-refractivity contribution is -0.384. The van der Waals surface area contributed by atoms with Crippen LogP contribution in [-0.4, -0.2) is 48.1 Å². The maximum Gasteiger partial charge on any atom is 0.302 e. The zero-order valence-electron chi connectivity index (χ0n) is 15.0. The van der Waals surface area contributed by atoms with Crippen molar-refractivity contribution in [1.82, 2.24) is 0 Å². The second-order valence-corrected chi connectivity index (χ2v) is 6.81. The number of non-ortho nitro benzene ring substituents is 1. The maximum atomic E-state index is 13.2. The molecule has 3 aliphatic heterocycles. The standard InChI is InChI=1S/C18H16N2O8/c1-9(21)27-8-18-6-5-13(28-18)14-15(18)17(23)19(16(14)22)11-7-10(20(24)25)3-4-12(11)26-2/h3-7,13-15H,8H2,1-2H3/t13-,14+,15+,18+/m1/s1. The van der Waals surface area contributed by atoms with Crippen LogP contribution in [-0.2, 0) is 23.9 Å². The van der Waals surface area contributed by atoms with Crippen molar-refractivity contribution in [1.29, 1.82) is 0 Å². The first-order valence-corrected chi connectivity index (χ1v) is 8.50. The first-order valence-electron chi connectivity index (χ1n) is 8.50. The number of hydrogen-bond donors (Lipinski definition) is 0. The number of carbonyl (C=O) groups excluding carboxylic acids is 3. The number of esters is 1. The van der Waals surface area contributed by atoms with Gasteiger partial charge in [0.25, 0.3) is 5.69 Å². The fraction of sp³-hybridized carbons (Fsp3) is 0.389. The van der Waals surface area contributed by atoms with Gasteiger partial charge in [0.2, 0.25) is 11.8 Å². The summed E-state index contributed by atoms with van der Waals surface area (Å²) in [5.74, 6) is -3.18. The molecule has 3 heterocycles. The van der Waals surface area contributed by atoms with Gasteiger partial charge >= 0.3 is 5.97 Å². The fourth-order valence-electron chi connectivity index (χ4n) is 4.09. The molecule has 10 nitrogen and oxygen atoms in total. The molecule has 2 amide bonds. The van der Waals surface area contributed by atoms with Crippen molar-refractivity contribution >= 4 is 29.2 Å². The van der Waals surface area contributed by atoms with Crippen LogP contribution >= 0.6 is 0 Å². The number of carbonyl (C=O) groups is 3. The third kappa shape index (κ3) is 2.41. The molecule has 0 saturated carbocycles. The zero-order valence-corrected chi connectivity index (χ0v) is 15.0. The summed E-state index contributed by atoms with van der Waals surface area (Å²) in [7, 11) is 1.34. The van der Waals surface area contributed by atoms with Crippen LogP contribution in [0.2, 0.25) is 0 Å². The van der Waals surface area contributed by atoms with Crippen LogP contribution in [0.15, 0.2) is 30.4 Å². The van der Waals surface area contributed by atoms with E-state index < -0.39 is 46.2 Å². The van der Waals surface area contributed by atoms with Crippen LogP contribution in [0.3, 0.4) is 0 Å². The minimum absolute atomic E-state index is 0.00290. The Balaban J connectivity index is 1.75. The minimum atomic E-state index is -1.23. The van der Waals surface area contributed by atoms with Gasteiger partial charge in [0.15, 0.2) is 0 Å². The third-order valence-electron chi connectivity index (χ3n) is 5.27. The van der Waals surface area contributed by atoms with Crippen LogP contribution in [0.4, 0.5) is 11.4 Å². The Morgan fingerprint density at radius 2 is 2.11 bits per heavy atom. The van der Waals surface area contributed by atoms with Crippen LogP contribution in [0.5, 0.6) is 5.75 Å². The topological polar surface area (TPSA) is 125 Å². The van der Waals surface area contributed by atoms with E-state index in [2.05, 4.69) is 0 Å². The van der Waals surface area contributed by atoms with Crippen LogP contribution in [0.1, 0.15) is 6.92 Å². The van der Waals surface area contributed by atoms with Gasteiger partial charge in [0.05, 0.1) is 30.0 Å². The number of rotatable bonds is 5. The zero-order chi connectivity index (χ0) is 20.2. The summed E-state index contributed by atoms with van der Waals surface area (Å²) in [6, 6.07) is 3.69. The summed E-state index contributed by atoms with van der Waals surface area (Å²) in [5.41, 5.74) is -1.50. The monoisotopic (exact) mass is 388 g/mol. The van der Waals surface area contributed by atoms with E-state index in [9.17, 15) is 24.5 Å². The summed E-state index contributed by atoms with van der Waals surface area (Å²) < 4.78 is 16.1. The van der Waals surface area contributed by atoms with Crippen LogP contribution in [0.25, 0.3) is 0 Å². The predicted octanol–water partition coefficient (Wildman–Crippen LogP) is 0.979. The lowest BCUT2D eigenvalue weighted by Crippen LogP contribution is -2.44. The molecule has 4 atom stereocenters. The molecule has 10 heteroatoms. The molecule has 0 aliphatic carbocycles. The largest absolute Gasteiger partial charge is 0.495 e. The van der Waals surface area contributed by atoms with Crippen molar-refractivity contribution in [3.05, 3.63) is 40.5 Å². The van der Waals surface area contributed by atoms with E-state index in [0.717, 1.165) is 11.0 Å². The molecule has 0 aromatic heterocycles. The van der Waals surface area contributed by atoms with Crippen molar-refractivity contribution in [3.8, 4) is 5.75 Å². The number of amides is 2. The summed E-state index contributed by atoms with van der Waals surface area (Å²) in [5, 5.41) is 11.1. The highest BCUT2D eigenvalue weighted by Crippen LogP contribution is 2.53. The van der Waals surface area contributed by atoms with Gasteiger partial charge in [-0.1, -0.05) is 6.08 Å². The third-order valence-corrected chi connectivity index (χ3v) is 5.27. The van der Waals surface area contributed by atoms with E-state index in [4.69, 9.17) is 14.2 Å². The number of ether oxygens (including phenoxy) is 3. The smallest absolute Gasteiger partial charge is 0.302 e. The number of hydrogen-bond acceptors (Lipinski definition) is 8. The number of benzene rings is 1. The molecule has 1 aromatic carbocycles. The van der Waals surface area contributed by atoms with Crippen molar-refractivity contribution in [2.24, 2.45) is 11.8 Å². The lowest BCUT2D eigenvalue weighted by Gasteiger charge is -2.28. The number of imide groups is 1. The Bertz CT molecular complexity index is 942. The molecule has 146 valence electrons. The Hall–Kier alpha value is -3.27. The van der Waals surface area contributed by atoms with Crippen molar-refractivity contribution in [2.45, 2.75) is 18.6 Å². The van der Waals surface area contributed by atoms with Gasteiger partial charge in [0.1, 0.15) is 23.6 Å². The number of nitro groups is 1. The normalized spacial score (nSPS) is 29.9. The van der Waals surface area contributed by atoms with Gasteiger partial charge in [-0.15, -0.1) is 0 Å². The average molecular weight is 388 g/mol. The molecule has 28 heavy (non-hydrogen) atoms. The molecule has 0 spiro atoms. The second kappa shape index (κ2) is 6.13. The number of anilines is 1. The fourth-order valence-corrected chi connectivity index (χ4v) is 4.09. The molecule has 2 bridgehead atoms. The Morgan fingerprint density at radius 1 is 1.36 bits per heavy atom. The molecular formula is C18H16N2O8. The number of fused-ring (bicyclic) bond motifs is 5. The van der Waals surface area contributed by atoms with Crippen LogP contribution in [0, 0.1) is 22.0 Å². The summed E-state index contributed by atoms with van der Waals surface area (Å²) in [6.45, 7) is 1.04. The van der Waals surface area contributed by atoms with Crippen LogP contribution < -0.4 is 9.64 Å².